The number of benzene rings is 2. The molecule has 0 amide bonds. The second-order valence-corrected chi connectivity index (χ2v) is 6.95. The molecule has 0 saturated heterocycles. The summed E-state index contributed by atoms with van der Waals surface area (Å²) < 4.78 is 25.9. The van der Waals surface area contributed by atoms with E-state index in [0.29, 0.717) is 5.56 Å². The van der Waals surface area contributed by atoms with Crippen LogP contribution in [0.3, 0.4) is 0 Å². The highest BCUT2D eigenvalue weighted by Gasteiger charge is 2.29. The minimum absolute atomic E-state index is 0.0821. The smallest absolute Gasteiger partial charge is 0.172 e. The molecule has 1 aliphatic rings. The number of fused-ring (bicyclic) bond motifs is 1. The van der Waals surface area contributed by atoms with Crippen molar-refractivity contribution in [1.29, 1.82) is 0 Å². The molecule has 0 unspecified atom stereocenters. The SMILES string of the molecule is COc1cccc(-c2cccc3c2CC[C@H]3OC(C)(C)C)c1F. The van der Waals surface area contributed by atoms with E-state index in [-0.39, 0.29) is 23.3 Å². The van der Waals surface area contributed by atoms with Crippen LogP contribution in [0.2, 0.25) is 0 Å². The number of ether oxygens (including phenoxy) is 2. The Labute approximate surface area is 137 Å². The molecule has 3 rings (SSSR count). The van der Waals surface area contributed by atoms with Gasteiger partial charge < -0.3 is 9.47 Å². The summed E-state index contributed by atoms with van der Waals surface area (Å²) in [4.78, 5) is 0. The van der Waals surface area contributed by atoms with Gasteiger partial charge in [-0.2, -0.15) is 0 Å². The average Bonchev–Trinajstić information content (AvgIpc) is 2.89. The van der Waals surface area contributed by atoms with E-state index in [1.165, 1.54) is 18.2 Å². The molecule has 0 aliphatic heterocycles. The number of hydrogen-bond donors (Lipinski definition) is 0. The molecule has 1 aliphatic carbocycles. The van der Waals surface area contributed by atoms with Crippen LogP contribution in [0.1, 0.15) is 44.4 Å². The Bertz CT molecular complexity index is 716. The van der Waals surface area contributed by atoms with Crippen molar-refractivity contribution in [2.45, 2.75) is 45.3 Å². The summed E-state index contributed by atoms with van der Waals surface area (Å²) >= 11 is 0. The van der Waals surface area contributed by atoms with E-state index in [4.69, 9.17) is 9.47 Å². The Balaban J connectivity index is 2.05. The minimum Gasteiger partial charge on any atom is -0.494 e. The Morgan fingerprint density at radius 2 is 1.74 bits per heavy atom. The summed E-state index contributed by atoms with van der Waals surface area (Å²) in [5.74, 6) is -0.0239. The lowest BCUT2D eigenvalue weighted by Gasteiger charge is -2.25. The molecule has 1 atom stereocenters. The highest BCUT2D eigenvalue weighted by molar-refractivity contribution is 5.71. The van der Waals surface area contributed by atoms with Gasteiger partial charge in [-0.15, -0.1) is 0 Å². The van der Waals surface area contributed by atoms with Crippen molar-refractivity contribution in [3.63, 3.8) is 0 Å². The lowest BCUT2D eigenvalue weighted by molar-refractivity contribution is -0.0605. The molecule has 0 spiro atoms. The first-order valence-electron chi connectivity index (χ1n) is 8.03. The lowest BCUT2D eigenvalue weighted by Crippen LogP contribution is -2.21. The fourth-order valence-corrected chi connectivity index (χ4v) is 3.29. The molecule has 0 radical (unpaired) electrons. The number of rotatable bonds is 3. The second-order valence-electron chi connectivity index (χ2n) is 6.95. The molecule has 122 valence electrons. The molecule has 0 fully saturated rings. The van der Waals surface area contributed by atoms with Gasteiger partial charge in [0.15, 0.2) is 11.6 Å². The maximum absolute atomic E-state index is 14.6. The predicted molar refractivity (Wildman–Crippen MR) is 90.3 cm³/mol. The van der Waals surface area contributed by atoms with Crippen molar-refractivity contribution < 1.29 is 13.9 Å². The Morgan fingerprint density at radius 3 is 2.43 bits per heavy atom. The third kappa shape index (κ3) is 3.11. The van der Waals surface area contributed by atoms with E-state index in [0.717, 1.165) is 18.4 Å². The standard InChI is InChI=1S/C20H23FO2/c1-20(2,3)23-17-12-11-14-13(7-5-8-15(14)17)16-9-6-10-18(22-4)19(16)21/h5-10,17H,11-12H2,1-4H3/t17-/m1/s1. The molecular weight excluding hydrogens is 291 g/mol. The fourth-order valence-electron chi connectivity index (χ4n) is 3.29. The van der Waals surface area contributed by atoms with Crippen molar-refractivity contribution in [2.75, 3.05) is 7.11 Å². The first-order chi connectivity index (χ1) is 10.9. The summed E-state index contributed by atoms with van der Waals surface area (Å²) in [6, 6.07) is 11.3. The molecule has 2 aromatic carbocycles. The zero-order chi connectivity index (χ0) is 16.6. The third-order valence-corrected chi connectivity index (χ3v) is 4.18. The summed E-state index contributed by atoms with van der Waals surface area (Å²) in [5, 5.41) is 0. The largest absolute Gasteiger partial charge is 0.494 e. The molecule has 0 heterocycles. The quantitative estimate of drug-likeness (QED) is 0.765. The topological polar surface area (TPSA) is 18.5 Å². The zero-order valence-electron chi connectivity index (χ0n) is 14.2. The van der Waals surface area contributed by atoms with Crippen molar-refractivity contribution >= 4 is 0 Å². The van der Waals surface area contributed by atoms with Crippen LogP contribution in [0, 0.1) is 5.82 Å². The molecule has 2 nitrogen and oxygen atoms in total. The summed E-state index contributed by atoms with van der Waals surface area (Å²) in [6.07, 6.45) is 1.93. The molecular formula is C20H23FO2. The van der Waals surface area contributed by atoms with Gasteiger partial charge in [-0.25, -0.2) is 4.39 Å². The predicted octanol–water partition coefficient (Wildman–Crippen LogP) is 5.30. The van der Waals surface area contributed by atoms with Crippen LogP contribution in [0.4, 0.5) is 4.39 Å². The number of hydrogen-bond acceptors (Lipinski definition) is 2. The molecule has 0 N–H and O–H groups in total. The first-order valence-corrected chi connectivity index (χ1v) is 8.03. The molecule has 0 aromatic heterocycles. The van der Waals surface area contributed by atoms with Crippen molar-refractivity contribution in [2.24, 2.45) is 0 Å². The van der Waals surface area contributed by atoms with E-state index >= 15 is 0 Å². The van der Waals surface area contributed by atoms with Crippen LogP contribution in [-0.2, 0) is 11.2 Å². The Morgan fingerprint density at radius 1 is 1.04 bits per heavy atom. The maximum Gasteiger partial charge on any atom is 0.172 e. The zero-order valence-corrected chi connectivity index (χ0v) is 14.2. The van der Waals surface area contributed by atoms with Gasteiger partial charge in [0.2, 0.25) is 0 Å². The van der Waals surface area contributed by atoms with Crippen LogP contribution in [0.25, 0.3) is 11.1 Å². The molecule has 2 aromatic rings. The van der Waals surface area contributed by atoms with Gasteiger partial charge in [-0.05, 0) is 56.4 Å². The van der Waals surface area contributed by atoms with Gasteiger partial charge >= 0.3 is 0 Å². The fraction of sp³-hybridized carbons (Fsp3) is 0.400. The van der Waals surface area contributed by atoms with E-state index < -0.39 is 0 Å². The molecule has 3 heteroatoms. The number of halogens is 1. The summed E-state index contributed by atoms with van der Waals surface area (Å²) in [6.45, 7) is 6.20. The van der Waals surface area contributed by atoms with Gasteiger partial charge in [0, 0.05) is 5.56 Å². The van der Waals surface area contributed by atoms with Crippen LogP contribution in [-0.4, -0.2) is 12.7 Å². The Hall–Kier alpha value is -1.87. The lowest BCUT2D eigenvalue weighted by atomic mass is 9.96. The molecule has 0 saturated carbocycles. The van der Waals surface area contributed by atoms with Gasteiger partial charge in [0.05, 0.1) is 18.8 Å². The summed E-state index contributed by atoms with van der Waals surface area (Å²) in [7, 11) is 1.49. The van der Waals surface area contributed by atoms with Crippen LogP contribution in [0.15, 0.2) is 36.4 Å². The van der Waals surface area contributed by atoms with Crippen LogP contribution >= 0.6 is 0 Å². The normalized spacial score (nSPS) is 17.2. The highest BCUT2D eigenvalue weighted by Crippen LogP contribution is 2.42. The van der Waals surface area contributed by atoms with Crippen molar-refractivity contribution in [3.8, 4) is 16.9 Å². The third-order valence-electron chi connectivity index (χ3n) is 4.18. The highest BCUT2D eigenvalue weighted by atomic mass is 19.1. The Kier molecular flexibility index (Phi) is 4.15. The molecule has 23 heavy (non-hydrogen) atoms. The first kappa shape index (κ1) is 16.0. The van der Waals surface area contributed by atoms with Gasteiger partial charge in [0.25, 0.3) is 0 Å². The van der Waals surface area contributed by atoms with E-state index in [9.17, 15) is 4.39 Å². The maximum atomic E-state index is 14.6. The monoisotopic (exact) mass is 314 g/mol. The second kappa shape index (κ2) is 5.97. The van der Waals surface area contributed by atoms with Crippen LogP contribution < -0.4 is 4.74 Å². The van der Waals surface area contributed by atoms with Gasteiger partial charge in [-0.1, -0.05) is 30.3 Å². The average molecular weight is 314 g/mol. The van der Waals surface area contributed by atoms with Gasteiger partial charge in [-0.3, -0.25) is 0 Å². The van der Waals surface area contributed by atoms with E-state index in [1.807, 2.05) is 24.3 Å². The van der Waals surface area contributed by atoms with E-state index in [2.05, 4.69) is 26.8 Å². The van der Waals surface area contributed by atoms with Gasteiger partial charge in [0.1, 0.15) is 0 Å². The van der Waals surface area contributed by atoms with Crippen molar-refractivity contribution in [3.05, 3.63) is 53.3 Å². The molecule has 0 bridgehead atoms. The number of methoxy groups -OCH3 is 1. The van der Waals surface area contributed by atoms with Crippen LogP contribution in [0.5, 0.6) is 5.75 Å². The van der Waals surface area contributed by atoms with Crippen molar-refractivity contribution in [1.82, 2.24) is 0 Å². The minimum atomic E-state index is -0.302. The van der Waals surface area contributed by atoms with E-state index in [1.54, 1.807) is 6.07 Å². The summed E-state index contributed by atoms with van der Waals surface area (Å²) in [5.41, 5.74) is 3.72.